The molecule has 0 saturated heterocycles. The molecule has 0 spiro atoms. The van der Waals surface area contributed by atoms with Crippen LogP contribution in [0.25, 0.3) is 0 Å². The summed E-state index contributed by atoms with van der Waals surface area (Å²) >= 11 is 0. The Labute approximate surface area is 147 Å². The van der Waals surface area contributed by atoms with E-state index in [1.165, 1.54) is 5.56 Å². The third-order valence-electron chi connectivity index (χ3n) is 4.81. The summed E-state index contributed by atoms with van der Waals surface area (Å²) in [7, 11) is -0.108. The van der Waals surface area contributed by atoms with Gasteiger partial charge in [0.2, 0.25) is 0 Å². The number of nitrogens with zero attached hydrogens (tertiary/aromatic N) is 1. The van der Waals surface area contributed by atoms with Crippen molar-refractivity contribution in [3.63, 3.8) is 0 Å². The Bertz CT molecular complexity index is 643. The zero-order valence-electron chi connectivity index (χ0n) is 15.7. The summed E-state index contributed by atoms with van der Waals surface area (Å²) in [5.41, 5.74) is 2.38. The van der Waals surface area contributed by atoms with Gasteiger partial charge in [0.25, 0.3) is 8.32 Å². The second-order valence-corrected chi connectivity index (χ2v) is 12.4. The first-order valence-corrected chi connectivity index (χ1v) is 11.4. The fraction of sp³-hybridized carbons (Fsp3) is 0.450. The zero-order chi connectivity index (χ0) is 17.8. The number of aromatic nitrogens is 1. The summed E-state index contributed by atoms with van der Waals surface area (Å²) < 4.78 is 11.5. The lowest BCUT2D eigenvalue weighted by molar-refractivity contribution is 0.414. The summed E-state index contributed by atoms with van der Waals surface area (Å²) in [4.78, 5) is 4.57. The van der Waals surface area contributed by atoms with Gasteiger partial charge >= 0.3 is 0 Å². The molecule has 0 fully saturated rings. The number of ether oxygens (including phenoxy) is 1. The van der Waals surface area contributed by atoms with Gasteiger partial charge in [0, 0.05) is 5.69 Å². The van der Waals surface area contributed by atoms with Crippen molar-refractivity contribution in [2.45, 2.75) is 51.7 Å². The highest BCUT2D eigenvalue weighted by atomic mass is 28.4. The van der Waals surface area contributed by atoms with E-state index in [-0.39, 0.29) is 5.04 Å². The Balaban J connectivity index is 1.94. The smallest absolute Gasteiger partial charge is 0.250 e. The number of pyridine rings is 1. The van der Waals surface area contributed by atoms with Gasteiger partial charge in [0.1, 0.15) is 11.5 Å². The highest BCUT2D eigenvalue weighted by molar-refractivity contribution is 6.74. The van der Waals surface area contributed by atoms with Crippen LogP contribution >= 0.6 is 0 Å². The summed E-state index contributed by atoms with van der Waals surface area (Å²) in [6.45, 7) is 11.2. The summed E-state index contributed by atoms with van der Waals surface area (Å²) in [5, 5.41) is 0.194. The Morgan fingerprint density at radius 3 is 2.04 bits per heavy atom. The molecule has 0 aliphatic carbocycles. The van der Waals surface area contributed by atoms with Gasteiger partial charge in [0.15, 0.2) is 0 Å². The van der Waals surface area contributed by atoms with Gasteiger partial charge in [-0.3, -0.25) is 4.98 Å². The van der Waals surface area contributed by atoms with E-state index >= 15 is 0 Å². The first-order chi connectivity index (χ1) is 11.2. The van der Waals surface area contributed by atoms with Gasteiger partial charge in [-0.15, -0.1) is 0 Å². The van der Waals surface area contributed by atoms with Crippen molar-refractivity contribution in [2.75, 3.05) is 7.11 Å². The van der Waals surface area contributed by atoms with Crippen LogP contribution in [0.4, 0.5) is 0 Å². The molecule has 1 aromatic carbocycles. The van der Waals surface area contributed by atoms with Gasteiger partial charge < -0.3 is 9.16 Å². The van der Waals surface area contributed by atoms with E-state index in [0.29, 0.717) is 0 Å². The van der Waals surface area contributed by atoms with Crippen LogP contribution in [0.5, 0.6) is 11.5 Å². The average Bonchev–Trinajstić information content (AvgIpc) is 2.53. The normalized spacial score (nSPS) is 12.1. The lowest BCUT2D eigenvalue weighted by Gasteiger charge is -2.36. The Kier molecular flexibility index (Phi) is 5.70. The van der Waals surface area contributed by atoms with Crippen LogP contribution in [0.2, 0.25) is 18.1 Å². The molecule has 1 heterocycles. The molecule has 0 unspecified atom stereocenters. The molecular formula is C20H29NO2Si. The maximum atomic E-state index is 6.27. The first-order valence-electron chi connectivity index (χ1n) is 8.48. The van der Waals surface area contributed by atoms with E-state index in [2.05, 4.69) is 63.1 Å². The predicted molar refractivity (Wildman–Crippen MR) is 102 cm³/mol. The average molecular weight is 344 g/mol. The molecule has 0 bridgehead atoms. The number of hydrogen-bond donors (Lipinski definition) is 0. The standard InChI is InChI=1S/C20H29NO2Si/c1-20(2,3)24(5,6)23-19-14-11-17(21-15-19)10-7-16-8-12-18(22-4)13-9-16/h8-9,11-15H,7,10H2,1-6H3. The van der Waals surface area contributed by atoms with Gasteiger partial charge in [0.05, 0.1) is 13.3 Å². The van der Waals surface area contributed by atoms with Crippen LogP contribution in [0.1, 0.15) is 32.0 Å². The number of benzene rings is 1. The molecule has 0 N–H and O–H groups in total. The summed E-state index contributed by atoms with van der Waals surface area (Å²) in [5.74, 6) is 1.78. The number of rotatable bonds is 6. The molecule has 0 atom stereocenters. The minimum Gasteiger partial charge on any atom is -0.542 e. The monoisotopic (exact) mass is 343 g/mol. The Morgan fingerprint density at radius 2 is 1.54 bits per heavy atom. The van der Waals surface area contributed by atoms with Crippen LogP contribution in [-0.2, 0) is 12.8 Å². The van der Waals surface area contributed by atoms with E-state index in [9.17, 15) is 0 Å². The highest BCUT2D eigenvalue weighted by Crippen LogP contribution is 2.37. The zero-order valence-corrected chi connectivity index (χ0v) is 16.7. The molecule has 0 amide bonds. The number of hydrogen-bond acceptors (Lipinski definition) is 3. The topological polar surface area (TPSA) is 31.4 Å². The van der Waals surface area contributed by atoms with Crippen molar-refractivity contribution < 1.29 is 9.16 Å². The van der Waals surface area contributed by atoms with Crippen LogP contribution < -0.4 is 9.16 Å². The second kappa shape index (κ2) is 7.39. The number of aryl methyl sites for hydroxylation is 2. The minimum absolute atomic E-state index is 0.194. The van der Waals surface area contributed by atoms with Crippen molar-refractivity contribution in [3.8, 4) is 11.5 Å². The van der Waals surface area contributed by atoms with E-state index in [1.807, 2.05) is 18.3 Å². The molecule has 1 aromatic heterocycles. The molecule has 0 radical (unpaired) electrons. The largest absolute Gasteiger partial charge is 0.542 e. The molecule has 0 aliphatic heterocycles. The third-order valence-corrected chi connectivity index (χ3v) is 9.16. The molecule has 0 aliphatic rings. The van der Waals surface area contributed by atoms with Crippen LogP contribution in [0.15, 0.2) is 42.6 Å². The molecule has 2 aromatic rings. The van der Waals surface area contributed by atoms with Gasteiger partial charge in [-0.2, -0.15) is 0 Å². The Hall–Kier alpha value is -1.81. The Morgan fingerprint density at radius 1 is 0.917 bits per heavy atom. The molecule has 24 heavy (non-hydrogen) atoms. The van der Waals surface area contributed by atoms with Crippen molar-refractivity contribution in [1.29, 1.82) is 0 Å². The van der Waals surface area contributed by atoms with Crippen molar-refractivity contribution >= 4 is 8.32 Å². The molecular weight excluding hydrogens is 314 g/mol. The summed E-state index contributed by atoms with van der Waals surface area (Å²) in [6.07, 6.45) is 3.76. The van der Waals surface area contributed by atoms with Gasteiger partial charge in [-0.05, 0) is 60.8 Å². The molecule has 0 saturated carbocycles. The molecule has 2 rings (SSSR count). The van der Waals surface area contributed by atoms with E-state index in [4.69, 9.17) is 9.16 Å². The van der Waals surface area contributed by atoms with Gasteiger partial charge in [-0.25, -0.2) is 0 Å². The minimum atomic E-state index is -1.80. The third kappa shape index (κ3) is 4.84. The molecule has 4 heteroatoms. The number of methoxy groups -OCH3 is 1. The summed E-state index contributed by atoms with van der Waals surface area (Å²) in [6, 6.07) is 12.3. The SMILES string of the molecule is COc1ccc(CCc2ccc(O[Si](C)(C)C(C)(C)C)cn2)cc1. The van der Waals surface area contributed by atoms with Crippen molar-refractivity contribution in [3.05, 3.63) is 53.9 Å². The molecule has 3 nitrogen and oxygen atoms in total. The highest BCUT2D eigenvalue weighted by Gasteiger charge is 2.38. The van der Waals surface area contributed by atoms with E-state index in [1.54, 1.807) is 7.11 Å². The van der Waals surface area contributed by atoms with Gasteiger partial charge in [-0.1, -0.05) is 32.9 Å². The van der Waals surface area contributed by atoms with Crippen LogP contribution in [-0.4, -0.2) is 20.4 Å². The maximum Gasteiger partial charge on any atom is 0.250 e. The maximum absolute atomic E-state index is 6.27. The first kappa shape index (κ1) is 18.5. The van der Waals surface area contributed by atoms with Crippen LogP contribution in [0, 0.1) is 0 Å². The van der Waals surface area contributed by atoms with Crippen molar-refractivity contribution in [2.24, 2.45) is 0 Å². The quantitative estimate of drug-likeness (QED) is 0.670. The fourth-order valence-corrected chi connectivity index (χ4v) is 3.15. The lowest BCUT2D eigenvalue weighted by Crippen LogP contribution is -2.43. The van der Waals surface area contributed by atoms with Crippen molar-refractivity contribution in [1.82, 2.24) is 4.98 Å². The van der Waals surface area contributed by atoms with E-state index < -0.39 is 8.32 Å². The fourth-order valence-electron chi connectivity index (χ4n) is 2.13. The predicted octanol–water partition coefficient (Wildman–Crippen LogP) is 5.26. The molecule has 130 valence electrons. The van der Waals surface area contributed by atoms with E-state index in [0.717, 1.165) is 30.0 Å². The van der Waals surface area contributed by atoms with Crippen LogP contribution in [0.3, 0.4) is 0 Å². The second-order valence-electron chi connectivity index (χ2n) is 7.70. The lowest BCUT2D eigenvalue weighted by atomic mass is 10.1.